The number of nitrogens with zero attached hydrogens (tertiary/aromatic N) is 1. The van der Waals surface area contributed by atoms with Crippen LogP contribution in [-0.4, -0.2) is 12.0 Å². The summed E-state index contributed by atoms with van der Waals surface area (Å²) in [6, 6.07) is 11.0. The maximum Gasteiger partial charge on any atom is 0.433 e. The van der Waals surface area contributed by atoms with Gasteiger partial charge in [0.1, 0.15) is 10.7 Å². The van der Waals surface area contributed by atoms with Gasteiger partial charge in [0.2, 0.25) is 0 Å². The van der Waals surface area contributed by atoms with Crippen LogP contribution in [-0.2, 0) is 6.42 Å². The first-order chi connectivity index (χ1) is 9.11. The summed E-state index contributed by atoms with van der Waals surface area (Å²) in [5, 5.41) is 13.8. The molecule has 1 aromatic heterocycles. The molecule has 5 heteroatoms. The van der Waals surface area contributed by atoms with Crippen LogP contribution in [0.3, 0.4) is 0 Å². The van der Waals surface area contributed by atoms with Gasteiger partial charge >= 0.3 is 5.88 Å². The summed E-state index contributed by atoms with van der Waals surface area (Å²) < 4.78 is 5.25. The number of nitro groups is 1. The van der Waals surface area contributed by atoms with Crippen molar-refractivity contribution < 1.29 is 9.34 Å². The van der Waals surface area contributed by atoms with Crippen molar-refractivity contribution in [3.63, 3.8) is 0 Å². The predicted molar refractivity (Wildman–Crippen MR) is 72.0 cm³/mol. The molecule has 0 aliphatic rings. The van der Waals surface area contributed by atoms with Crippen LogP contribution >= 0.6 is 0 Å². The molecule has 0 aliphatic carbocycles. The van der Waals surface area contributed by atoms with E-state index in [0.717, 1.165) is 6.42 Å². The highest BCUT2D eigenvalue weighted by Gasteiger charge is 2.19. The minimum Gasteiger partial charge on any atom is -0.404 e. The maximum absolute atomic E-state index is 10.6. The number of benzene rings is 1. The lowest BCUT2D eigenvalue weighted by atomic mass is 10.00. The summed E-state index contributed by atoms with van der Waals surface area (Å²) in [6.45, 7) is 2.05. The number of hydrogen-bond donors (Lipinski definition) is 1. The molecule has 0 amide bonds. The van der Waals surface area contributed by atoms with Crippen LogP contribution in [0.5, 0.6) is 0 Å². The quantitative estimate of drug-likeness (QED) is 0.662. The van der Waals surface area contributed by atoms with E-state index in [-0.39, 0.29) is 11.9 Å². The predicted octanol–water partition coefficient (Wildman–Crippen LogP) is 3.00. The van der Waals surface area contributed by atoms with Crippen LogP contribution in [0.2, 0.25) is 0 Å². The first-order valence-corrected chi connectivity index (χ1v) is 6.07. The smallest absolute Gasteiger partial charge is 0.404 e. The fourth-order valence-electron chi connectivity index (χ4n) is 2.03. The zero-order valence-electron chi connectivity index (χ0n) is 10.9. The fourth-order valence-corrected chi connectivity index (χ4v) is 2.03. The van der Waals surface area contributed by atoms with Crippen molar-refractivity contribution in [2.75, 3.05) is 7.05 Å². The van der Waals surface area contributed by atoms with E-state index in [0.29, 0.717) is 5.76 Å². The van der Waals surface area contributed by atoms with Gasteiger partial charge < -0.3 is 9.73 Å². The van der Waals surface area contributed by atoms with E-state index in [9.17, 15) is 10.1 Å². The van der Waals surface area contributed by atoms with Gasteiger partial charge in [0.25, 0.3) is 0 Å². The molecule has 0 aliphatic heterocycles. The van der Waals surface area contributed by atoms with E-state index in [2.05, 4.69) is 11.4 Å². The highest BCUT2D eigenvalue weighted by Crippen LogP contribution is 2.25. The van der Waals surface area contributed by atoms with E-state index in [4.69, 9.17) is 4.42 Å². The van der Waals surface area contributed by atoms with Crippen molar-refractivity contribution in [1.82, 2.24) is 5.32 Å². The topological polar surface area (TPSA) is 68.3 Å². The highest BCUT2D eigenvalue weighted by molar-refractivity contribution is 5.28. The number of rotatable bonds is 5. The molecule has 0 radical (unpaired) electrons. The van der Waals surface area contributed by atoms with E-state index in [1.165, 1.54) is 17.2 Å². The van der Waals surface area contributed by atoms with Crippen LogP contribution in [0, 0.1) is 17.0 Å². The van der Waals surface area contributed by atoms with Crippen molar-refractivity contribution in [1.29, 1.82) is 0 Å². The zero-order valence-corrected chi connectivity index (χ0v) is 10.9. The summed E-state index contributed by atoms with van der Waals surface area (Å²) in [4.78, 5) is 10.1. The van der Waals surface area contributed by atoms with Gasteiger partial charge in [0.05, 0.1) is 12.1 Å². The van der Waals surface area contributed by atoms with Crippen molar-refractivity contribution in [3.8, 4) is 0 Å². The molecule has 0 spiro atoms. The standard InChI is InChI=1S/C14H16N2O3/c1-10-5-3-4-6-11(10)9-12(15-2)13-7-8-14(19-13)16(17)18/h3-8,12,15H,9H2,1-2H3. The molecule has 19 heavy (non-hydrogen) atoms. The van der Waals surface area contributed by atoms with E-state index < -0.39 is 4.92 Å². The van der Waals surface area contributed by atoms with Gasteiger partial charge in [-0.2, -0.15) is 0 Å². The zero-order chi connectivity index (χ0) is 13.8. The first kappa shape index (κ1) is 13.3. The van der Waals surface area contributed by atoms with Gasteiger partial charge in [-0.05, 0) is 37.6 Å². The number of furan rings is 1. The molecule has 2 rings (SSSR count). The monoisotopic (exact) mass is 260 g/mol. The fraction of sp³-hybridized carbons (Fsp3) is 0.286. The molecule has 1 aromatic carbocycles. The largest absolute Gasteiger partial charge is 0.433 e. The average Bonchev–Trinajstić information content (AvgIpc) is 2.87. The molecule has 1 heterocycles. The molecule has 5 nitrogen and oxygen atoms in total. The Bertz CT molecular complexity index is 578. The van der Waals surface area contributed by atoms with Crippen LogP contribution in [0.4, 0.5) is 5.88 Å². The van der Waals surface area contributed by atoms with Gasteiger partial charge in [-0.1, -0.05) is 24.3 Å². The van der Waals surface area contributed by atoms with Crippen LogP contribution in [0.1, 0.15) is 22.9 Å². The van der Waals surface area contributed by atoms with Gasteiger partial charge in [0, 0.05) is 0 Å². The Hall–Kier alpha value is -2.14. The lowest BCUT2D eigenvalue weighted by molar-refractivity contribution is -0.402. The third-order valence-electron chi connectivity index (χ3n) is 3.17. The molecule has 1 unspecified atom stereocenters. The molecule has 2 aromatic rings. The Balaban J connectivity index is 2.20. The van der Waals surface area contributed by atoms with Crippen molar-refractivity contribution in [3.05, 3.63) is 63.4 Å². The van der Waals surface area contributed by atoms with Crippen LogP contribution in [0.15, 0.2) is 40.8 Å². The normalized spacial score (nSPS) is 12.3. The summed E-state index contributed by atoms with van der Waals surface area (Å²) in [7, 11) is 1.82. The Morgan fingerprint density at radius 1 is 1.32 bits per heavy atom. The molecule has 1 N–H and O–H groups in total. The Morgan fingerprint density at radius 2 is 2.05 bits per heavy atom. The number of nitrogens with one attached hydrogen (secondary N) is 1. The number of aryl methyl sites for hydroxylation is 1. The van der Waals surface area contributed by atoms with Crippen molar-refractivity contribution in [2.24, 2.45) is 0 Å². The van der Waals surface area contributed by atoms with E-state index in [1.807, 2.05) is 32.2 Å². The second-order valence-corrected chi connectivity index (χ2v) is 4.40. The van der Waals surface area contributed by atoms with Crippen LogP contribution in [0.25, 0.3) is 0 Å². The summed E-state index contributed by atoms with van der Waals surface area (Å²) in [6.07, 6.45) is 0.730. The first-order valence-electron chi connectivity index (χ1n) is 6.07. The van der Waals surface area contributed by atoms with Gasteiger partial charge in [-0.15, -0.1) is 0 Å². The average molecular weight is 260 g/mol. The lowest BCUT2D eigenvalue weighted by Gasteiger charge is -2.14. The Kier molecular flexibility index (Phi) is 3.97. The number of hydrogen-bond acceptors (Lipinski definition) is 4. The minimum atomic E-state index is -0.524. The molecule has 0 saturated heterocycles. The second kappa shape index (κ2) is 5.67. The maximum atomic E-state index is 10.6. The summed E-state index contributed by atoms with van der Waals surface area (Å²) >= 11 is 0. The molecule has 1 atom stereocenters. The number of likely N-dealkylation sites (N-methyl/N-ethyl adjacent to an activating group) is 1. The molecule has 0 bridgehead atoms. The third-order valence-corrected chi connectivity index (χ3v) is 3.17. The molecular formula is C14H16N2O3. The van der Waals surface area contributed by atoms with Gasteiger partial charge in [-0.25, -0.2) is 0 Å². The molecule has 100 valence electrons. The summed E-state index contributed by atoms with van der Waals surface area (Å²) in [5.41, 5.74) is 2.39. The summed E-state index contributed by atoms with van der Waals surface area (Å²) in [5.74, 6) is 0.359. The molecule has 0 fully saturated rings. The highest BCUT2D eigenvalue weighted by atomic mass is 16.6. The lowest BCUT2D eigenvalue weighted by Crippen LogP contribution is -2.18. The Labute approximate surface area is 111 Å². The van der Waals surface area contributed by atoms with Gasteiger partial charge in [-0.3, -0.25) is 10.1 Å². The van der Waals surface area contributed by atoms with E-state index >= 15 is 0 Å². The van der Waals surface area contributed by atoms with Crippen LogP contribution < -0.4 is 5.32 Å². The molecular weight excluding hydrogens is 244 g/mol. The minimum absolute atomic E-state index is 0.0743. The van der Waals surface area contributed by atoms with E-state index in [1.54, 1.807) is 6.07 Å². The SMILES string of the molecule is CNC(Cc1ccccc1C)c1ccc([N+](=O)[O-])o1. The molecule has 0 saturated carbocycles. The van der Waals surface area contributed by atoms with Gasteiger partial charge in [0.15, 0.2) is 0 Å². The Morgan fingerprint density at radius 3 is 2.63 bits per heavy atom. The second-order valence-electron chi connectivity index (χ2n) is 4.40. The van der Waals surface area contributed by atoms with Crippen molar-refractivity contribution >= 4 is 5.88 Å². The van der Waals surface area contributed by atoms with Crippen molar-refractivity contribution in [2.45, 2.75) is 19.4 Å². The third kappa shape index (κ3) is 3.00.